The Hall–Kier alpha value is -0.900. The lowest BCUT2D eigenvalue weighted by molar-refractivity contribution is 0.104. The number of benzene rings is 1. The molecule has 1 aromatic carbocycles. The van der Waals surface area contributed by atoms with Gasteiger partial charge in [0.2, 0.25) is 0 Å². The Balaban J connectivity index is 1.72. The van der Waals surface area contributed by atoms with Gasteiger partial charge in [-0.15, -0.1) is 0 Å². The molecular weight excluding hydrogens is 224 g/mol. The minimum absolute atomic E-state index is 0.483. The van der Waals surface area contributed by atoms with Crippen LogP contribution in [0.3, 0.4) is 0 Å². The van der Waals surface area contributed by atoms with Crippen LogP contribution in [0.25, 0.3) is 0 Å². The van der Waals surface area contributed by atoms with Crippen molar-refractivity contribution in [1.29, 1.82) is 0 Å². The molecule has 0 spiro atoms. The fourth-order valence-electron chi connectivity index (χ4n) is 2.49. The number of hydrogen-bond donors (Lipinski definition) is 2. The lowest BCUT2D eigenvalue weighted by atomic mass is 10.0. The SMILES string of the molecule is NCCc1ccccc1CNCCC1CCCO1. The van der Waals surface area contributed by atoms with E-state index < -0.39 is 0 Å². The van der Waals surface area contributed by atoms with Gasteiger partial charge in [0.05, 0.1) is 6.10 Å². The summed E-state index contributed by atoms with van der Waals surface area (Å²) in [5.74, 6) is 0. The number of hydrogen-bond acceptors (Lipinski definition) is 3. The molecule has 1 unspecified atom stereocenters. The van der Waals surface area contributed by atoms with Crippen LogP contribution in [0.2, 0.25) is 0 Å². The van der Waals surface area contributed by atoms with Gasteiger partial charge in [-0.3, -0.25) is 0 Å². The van der Waals surface area contributed by atoms with Crippen LogP contribution in [0, 0.1) is 0 Å². The summed E-state index contributed by atoms with van der Waals surface area (Å²) >= 11 is 0. The zero-order valence-corrected chi connectivity index (χ0v) is 11.0. The molecule has 1 aliphatic rings. The van der Waals surface area contributed by atoms with Crippen LogP contribution in [-0.2, 0) is 17.7 Å². The van der Waals surface area contributed by atoms with E-state index in [1.807, 2.05) is 0 Å². The van der Waals surface area contributed by atoms with Gasteiger partial charge in [0.1, 0.15) is 0 Å². The van der Waals surface area contributed by atoms with E-state index in [1.165, 1.54) is 24.0 Å². The van der Waals surface area contributed by atoms with Gasteiger partial charge in [-0.25, -0.2) is 0 Å². The number of nitrogens with two attached hydrogens (primary N) is 1. The van der Waals surface area contributed by atoms with Crippen molar-refractivity contribution < 1.29 is 4.74 Å². The first-order chi connectivity index (χ1) is 8.90. The van der Waals surface area contributed by atoms with Gasteiger partial charge in [0, 0.05) is 13.2 Å². The largest absolute Gasteiger partial charge is 0.378 e. The number of ether oxygens (including phenoxy) is 1. The van der Waals surface area contributed by atoms with E-state index >= 15 is 0 Å². The lowest BCUT2D eigenvalue weighted by Crippen LogP contribution is -2.20. The van der Waals surface area contributed by atoms with Crippen molar-refractivity contribution in [3.8, 4) is 0 Å². The standard InChI is InChI=1S/C15H24N2O/c16-9-7-13-4-1-2-5-14(13)12-17-10-8-15-6-3-11-18-15/h1-2,4-5,15,17H,3,6-12,16H2. The Morgan fingerprint density at radius 1 is 1.28 bits per heavy atom. The average Bonchev–Trinajstić information content (AvgIpc) is 2.90. The fraction of sp³-hybridized carbons (Fsp3) is 0.600. The first-order valence-electron chi connectivity index (χ1n) is 6.99. The Morgan fingerprint density at radius 2 is 2.11 bits per heavy atom. The smallest absolute Gasteiger partial charge is 0.0588 e. The van der Waals surface area contributed by atoms with Gasteiger partial charge in [-0.1, -0.05) is 24.3 Å². The Kier molecular flexibility index (Phi) is 5.65. The molecule has 1 heterocycles. The highest BCUT2D eigenvalue weighted by Gasteiger charge is 2.14. The third kappa shape index (κ3) is 4.09. The number of nitrogens with one attached hydrogen (secondary N) is 1. The normalized spacial score (nSPS) is 19.3. The molecule has 1 aromatic rings. The molecule has 0 aliphatic carbocycles. The van der Waals surface area contributed by atoms with Crippen molar-refractivity contribution in [3.63, 3.8) is 0 Å². The van der Waals surface area contributed by atoms with Crippen LogP contribution < -0.4 is 11.1 Å². The van der Waals surface area contributed by atoms with E-state index in [4.69, 9.17) is 10.5 Å². The molecule has 1 saturated heterocycles. The topological polar surface area (TPSA) is 47.3 Å². The third-order valence-electron chi connectivity index (χ3n) is 3.51. The Bertz CT molecular complexity index is 348. The van der Waals surface area contributed by atoms with E-state index in [9.17, 15) is 0 Å². The highest BCUT2D eigenvalue weighted by atomic mass is 16.5. The zero-order chi connectivity index (χ0) is 12.6. The van der Waals surface area contributed by atoms with Gasteiger partial charge in [0.25, 0.3) is 0 Å². The molecule has 0 amide bonds. The zero-order valence-electron chi connectivity index (χ0n) is 11.0. The molecule has 2 rings (SSSR count). The monoisotopic (exact) mass is 248 g/mol. The van der Waals surface area contributed by atoms with Crippen LogP contribution in [0.5, 0.6) is 0 Å². The Morgan fingerprint density at radius 3 is 2.83 bits per heavy atom. The second-order valence-corrected chi connectivity index (χ2v) is 4.91. The van der Waals surface area contributed by atoms with Crippen molar-refractivity contribution in [2.24, 2.45) is 5.73 Å². The second kappa shape index (κ2) is 7.52. The Labute approximate surface area is 110 Å². The maximum Gasteiger partial charge on any atom is 0.0588 e. The summed E-state index contributed by atoms with van der Waals surface area (Å²) in [6, 6.07) is 8.53. The van der Waals surface area contributed by atoms with E-state index in [2.05, 4.69) is 29.6 Å². The molecule has 0 radical (unpaired) electrons. The lowest BCUT2D eigenvalue weighted by Gasteiger charge is -2.12. The van der Waals surface area contributed by atoms with Gasteiger partial charge < -0.3 is 15.8 Å². The highest BCUT2D eigenvalue weighted by Crippen LogP contribution is 2.14. The van der Waals surface area contributed by atoms with Gasteiger partial charge in [-0.05, 0) is 49.9 Å². The van der Waals surface area contributed by atoms with Gasteiger partial charge in [0.15, 0.2) is 0 Å². The minimum Gasteiger partial charge on any atom is -0.378 e. The van der Waals surface area contributed by atoms with Crippen molar-refractivity contribution >= 4 is 0 Å². The molecule has 0 bridgehead atoms. The molecule has 1 aliphatic heterocycles. The quantitative estimate of drug-likeness (QED) is 0.724. The first-order valence-corrected chi connectivity index (χ1v) is 6.99. The van der Waals surface area contributed by atoms with Crippen LogP contribution in [0.4, 0.5) is 0 Å². The van der Waals surface area contributed by atoms with Gasteiger partial charge >= 0.3 is 0 Å². The average molecular weight is 248 g/mol. The predicted molar refractivity (Wildman–Crippen MR) is 74.5 cm³/mol. The van der Waals surface area contributed by atoms with Crippen LogP contribution in [-0.4, -0.2) is 25.8 Å². The van der Waals surface area contributed by atoms with Crippen molar-refractivity contribution in [2.45, 2.75) is 38.3 Å². The van der Waals surface area contributed by atoms with Crippen molar-refractivity contribution in [3.05, 3.63) is 35.4 Å². The van der Waals surface area contributed by atoms with E-state index in [-0.39, 0.29) is 0 Å². The molecule has 0 aromatic heterocycles. The molecule has 3 nitrogen and oxygen atoms in total. The third-order valence-corrected chi connectivity index (χ3v) is 3.51. The summed E-state index contributed by atoms with van der Waals surface area (Å²) in [6.07, 6.45) is 5.02. The van der Waals surface area contributed by atoms with E-state index in [0.717, 1.165) is 32.5 Å². The van der Waals surface area contributed by atoms with E-state index in [1.54, 1.807) is 0 Å². The van der Waals surface area contributed by atoms with Crippen molar-refractivity contribution in [2.75, 3.05) is 19.7 Å². The van der Waals surface area contributed by atoms with Crippen molar-refractivity contribution in [1.82, 2.24) is 5.32 Å². The molecular formula is C15H24N2O. The molecule has 3 heteroatoms. The fourth-order valence-corrected chi connectivity index (χ4v) is 2.49. The summed E-state index contributed by atoms with van der Waals surface area (Å²) in [6.45, 7) is 3.63. The van der Waals surface area contributed by atoms with Gasteiger partial charge in [-0.2, -0.15) is 0 Å². The maximum atomic E-state index is 5.63. The highest BCUT2D eigenvalue weighted by molar-refractivity contribution is 5.27. The predicted octanol–water partition coefficient (Wildman–Crippen LogP) is 1.85. The summed E-state index contributed by atoms with van der Waals surface area (Å²) in [4.78, 5) is 0. The van der Waals surface area contributed by atoms with Crippen LogP contribution in [0.15, 0.2) is 24.3 Å². The summed E-state index contributed by atoms with van der Waals surface area (Å²) in [7, 11) is 0. The van der Waals surface area contributed by atoms with Crippen LogP contribution in [0.1, 0.15) is 30.4 Å². The molecule has 1 atom stereocenters. The summed E-state index contributed by atoms with van der Waals surface area (Å²) in [5.41, 5.74) is 8.37. The molecule has 100 valence electrons. The minimum atomic E-state index is 0.483. The summed E-state index contributed by atoms with van der Waals surface area (Å²) in [5, 5.41) is 3.51. The van der Waals surface area contributed by atoms with Crippen LogP contribution >= 0.6 is 0 Å². The molecule has 0 saturated carbocycles. The van der Waals surface area contributed by atoms with E-state index in [0.29, 0.717) is 12.6 Å². The number of rotatable bonds is 7. The maximum absolute atomic E-state index is 5.63. The molecule has 18 heavy (non-hydrogen) atoms. The second-order valence-electron chi connectivity index (χ2n) is 4.91. The molecule has 1 fully saturated rings. The summed E-state index contributed by atoms with van der Waals surface area (Å²) < 4.78 is 5.61. The molecule has 3 N–H and O–H groups in total. The first kappa shape index (κ1) is 13.5.